The first kappa shape index (κ1) is 21.2. The fourth-order valence-corrected chi connectivity index (χ4v) is 3.97. The van der Waals surface area contributed by atoms with E-state index < -0.39 is 23.8 Å². The Labute approximate surface area is 174 Å². The van der Waals surface area contributed by atoms with E-state index in [4.69, 9.17) is 21.1 Å². The average Bonchev–Trinajstić information content (AvgIpc) is 3.35. The van der Waals surface area contributed by atoms with Gasteiger partial charge < -0.3 is 19.4 Å². The molecule has 0 radical (unpaired) electrons. The number of nitrogens with one attached hydrogen (secondary N) is 1. The number of likely N-dealkylation sites (tertiary alicyclic amines) is 1. The van der Waals surface area contributed by atoms with Gasteiger partial charge in [0.15, 0.2) is 5.92 Å². The van der Waals surface area contributed by atoms with Crippen molar-refractivity contribution < 1.29 is 23.9 Å². The molecule has 2 heterocycles. The number of aromatic amines is 1. The van der Waals surface area contributed by atoms with Gasteiger partial charge in [0.25, 0.3) is 0 Å². The molecule has 1 aromatic carbocycles. The molecule has 1 saturated heterocycles. The highest BCUT2D eigenvalue weighted by molar-refractivity contribution is 6.31. The number of fused-ring (bicyclic) bond motifs is 1. The first-order chi connectivity index (χ1) is 14.0. The maximum Gasteiger partial charge on any atom is 0.321 e. The Morgan fingerprint density at radius 3 is 2.31 bits per heavy atom. The van der Waals surface area contributed by atoms with Crippen molar-refractivity contribution in [3.63, 3.8) is 0 Å². The molecule has 29 heavy (non-hydrogen) atoms. The van der Waals surface area contributed by atoms with Crippen LogP contribution in [0, 0.1) is 5.92 Å². The second-order valence-electron chi connectivity index (χ2n) is 6.93. The second-order valence-corrected chi connectivity index (χ2v) is 7.36. The highest BCUT2D eigenvalue weighted by Gasteiger charge is 2.45. The van der Waals surface area contributed by atoms with Crippen LogP contribution in [0.3, 0.4) is 0 Å². The minimum atomic E-state index is -1.39. The molecular formula is C21H25ClN2O5. The number of carbonyl (C=O) groups is 3. The van der Waals surface area contributed by atoms with Gasteiger partial charge in [-0.05, 0) is 50.5 Å². The minimum Gasteiger partial charge on any atom is -0.465 e. The van der Waals surface area contributed by atoms with Crippen LogP contribution in [0.5, 0.6) is 0 Å². The molecule has 156 valence electrons. The molecule has 3 rings (SSSR count). The summed E-state index contributed by atoms with van der Waals surface area (Å²) in [5.74, 6) is -4.26. The van der Waals surface area contributed by atoms with Crippen LogP contribution in [0.4, 0.5) is 0 Å². The number of amides is 1. The molecule has 0 saturated carbocycles. The fraction of sp³-hybridized carbons (Fsp3) is 0.476. The molecule has 0 aliphatic carbocycles. The van der Waals surface area contributed by atoms with Gasteiger partial charge in [0.2, 0.25) is 5.91 Å². The van der Waals surface area contributed by atoms with Gasteiger partial charge in [0.1, 0.15) is 0 Å². The SMILES string of the molecule is CCOC(=O)C(C(=O)OCC)[C@@H](C(=O)N1CCCC1)c1c[nH]c2ccc(Cl)cc12. The lowest BCUT2D eigenvalue weighted by Crippen LogP contribution is -2.42. The Kier molecular flexibility index (Phi) is 6.79. The summed E-state index contributed by atoms with van der Waals surface area (Å²) >= 11 is 6.17. The maximum atomic E-state index is 13.5. The Morgan fingerprint density at radius 2 is 1.72 bits per heavy atom. The number of rotatable bonds is 7. The number of benzene rings is 1. The minimum absolute atomic E-state index is 0.0963. The molecule has 7 nitrogen and oxygen atoms in total. The molecule has 1 aromatic heterocycles. The molecule has 1 aliphatic heterocycles. The summed E-state index contributed by atoms with van der Waals surface area (Å²) in [6.07, 6.45) is 3.44. The predicted molar refractivity (Wildman–Crippen MR) is 109 cm³/mol. The van der Waals surface area contributed by atoms with E-state index >= 15 is 0 Å². The van der Waals surface area contributed by atoms with Crippen LogP contribution in [-0.4, -0.2) is 54.0 Å². The van der Waals surface area contributed by atoms with Crippen LogP contribution in [-0.2, 0) is 23.9 Å². The third-order valence-corrected chi connectivity index (χ3v) is 5.34. The third-order valence-electron chi connectivity index (χ3n) is 5.11. The lowest BCUT2D eigenvalue weighted by Gasteiger charge is -2.27. The first-order valence-corrected chi connectivity index (χ1v) is 10.2. The van der Waals surface area contributed by atoms with Gasteiger partial charge in [-0.15, -0.1) is 0 Å². The van der Waals surface area contributed by atoms with Crippen molar-refractivity contribution in [2.45, 2.75) is 32.6 Å². The summed E-state index contributed by atoms with van der Waals surface area (Å²) in [7, 11) is 0. The van der Waals surface area contributed by atoms with Crippen molar-refractivity contribution in [1.29, 1.82) is 0 Å². The number of ether oxygens (including phenoxy) is 2. The largest absolute Gasteiger partial charge is 0.465 e. The van der Waals surface area contributed by atoms with Crippen LogP contribution in [0.1, 0.15) is 38.2 Å². The lowest BCUT2D eigenvalue weighted by molar-refractivity contribution is -0.165. The van der Waals surface area contributed by atoms with E-state index in [-0.39, 0.29) is 19.1 Å². The van der Waals surface area contributed by atoms with E-state index in [1.807, 2.05) is 0 Å². The number of hydrogen-bond donors (Lipinski definition) is 1. The van der Waals surface area contributed by atoms with E-state index in [1.54, 1.807) is 43.1 Å². The third kappa shape index (κ3) is 4.40. The number of esters is 2. The standard InChI is InChI=1S/C21H25ClN2O5/c1-3-28-20(26)18(21(27)29-4-2)17(19(25)24-9-5-6-10-24)15-12-23-16-8-7-13(22)11-14(15)16/h7-8,11-12,17-18,23H,3-6,9-10H2,1-2H3/t17-/m0/s1. The van der Waals surface area contributed by atoms with Gasteiger partial charge in [-0.3, -0.25) is 14.4 Å². The molecule has 1 amide bonds. The summed E-state index contributed by atoms with van der Waals surface area (Å²) in [4.78, 5) is 43.9. The van der Waals surface area contributed by atoms with E-state index in [9.17, 15) is 14.4 Å². The van der Waals surface area contributed by atoms with Gasteiger partial charge in [-0.25, -0.2) is 0 Å². The molecule has 0 unspecified atom stereocenters. The zero-order valence-corrected chi connectivity index (χ0v) is 17.3. The molecule has 1 fully saturated rings. The summed E-state index contributed by atoms with van der Waals surface area (Å²) in [6.45, 7) is 4.69. The Hall–Kier alpha value is -2.54. The number of H-pyrrole nitrogens is 1. The van der Waals surface area contributed by atoms with Crippen LogP contribution >= 0.6 is 11.6 Å². The maximum absolute atomic E-state index is 13.5. The van der Waals surface area contributed by atoms with Gasteiger partial charge in [-0.2, -0.15) is 0 Å². The number of halogens is 1. The summed E-state index contributed by atoms with van der Waals surface area (Å²) < 4.78 is 10.3. The first-order valence-electron chi connectivity index (χ1n) is 9.86. The second kappa shape index (κ2) is 9.31. The fourth-order valence-electron chi connectivity index (χ4n) is 3.79. The monoisotopic (exact) mass is 420 g/mol. The summed E-state index contributed by atoms with van der Waals surface area (Å²) in [6, 6.07) is 5.25. The van der Waals surface area contributed by atoms with E-state index in [1.165, 1.54) is 0 Å². The Balaban J connectivity index is 2.14. The molecule has 1 atom stereocenters. The number of nitrogens with zero attached hydrogens (tertiary/aromatic N) is 1. The highest BCUT2D eigenvalue weighted by atomic mass is 35.5. The molecule has 1 N–H and O–H groups in total. The zero-order chi connectivity index (χ0) is 21.0. The van der Waals surface area contributed by atoms with Gasteiger partial charge in [0.05, 0.1) is 19.1 Å². The van der Waals surface area contributed by atoms with Crippen LogP contribution in [0.2, 0.25) is 5.02 Å². The van der Waals surface area contributed by atoms with Crippen molar-refractivity contribution in [3.8, 4) is 0 Å². The van der Waals surface area contributed by atoms with Crippen molar-refractivity contribution >= 4 is 40.3 Å². The van der Waals surface area contributed by atoms with E-state index in [2.05, 4.69) is 4.98 Å². The Morgan fingerprint density at radius 1 is 1.10 bits per heavy atom. The normalized spacial score (nSPS) is 15.0. The van der Waals surface area contributed by atoms with Crippen LogP contribution in [0.25, 0.3) is 10.9 Å². The lowest BCUT2D eigenvalue weighted by atomic mass is 9.84. The Bertz CT molecular complexity index is 886. The van der Waals surface area contributed by atoms with Crippen LogP contribution in [0.15, 0.2) is 24.4 Å². The number of aromatic nitrogens is 1. The molecule has 8 heteroatoms. The van der Waals surface area contributed by atoms with Gasteiger partial charge in [0, 0.05) is 35.2 Å². The van der Waals surface area contributed by atoms with Crippen molar-refractivity contribution in [1.82, 2.24) is 9.88 Å². The molecule has 0 spiro atoms. The molecular weight excluding hydrogens is 396 g/mol. The van der Waals surface area contributed by atoms with E-state index in [0.717, 1.165) is 18.4 Å². The topological polar surface area (TPSA) is 88.7 Å². The molecule has 0 bridgehead atoms. The predicted octanol–water partition coefficient (Wildman–Crippen LogP) is 3.27. The van der Waals surface area contributed by atoms with Gasteiger partial charge in [-0.1, -0.05) is 11.6 Å². The highest BCUT2D eigenvalue weighted by Crippen LogP contribution is 2.36. The van der Waals surface area contributed by atoms with Crippen molar-refractivity contribution in [2.75, 3.05) is 26.3 Å². The van der Waals surface area contributed by atoms with Crippen molar-refractivity contribution in [3.05, 3.63) is 35.0 Å². The van der Waals surface area contributed by atoms with Crippen molar-refractivity contribution in [2.24, 2.45) is 5.92 Å². The zero-order valence-electron chi connectivity index (χ0n) is 16.6. The quantitative estimate of drug-likeness (QED) is 0.548. The molecule has 1 aliphatic rings. The number of hydrogen-bond acceptors (Lipinski definition) is 5. The molecule has 2 aromatic rings. The van der Waals surface area contributed by atoms with Gasteiger partial charge >= 0.3 is 11.9 Å². The number of carbonyl (C=O) groups excluding carboxylic acids is 3. The van der Waals surface area contributed by atoms with E-state index in [0.29, 0.717) is 29.1 Å². The summed E-state index contributed by atoms with van der Waals surface area (Å²) in [5, 5.41) is 1.18. The smallest absolute Gasteiger partial charge is 0.321 e. The van der Waals surface area contributed by atoms with Crippen LogP contribution < -0.4 is 0 Å². The summed E-state index contributed by atoms with van der Waals surface area (Å²) in [5.41, 5.74) is 1.29. The average molecular weight is 421 g/mol.